The third-order valence-corrected chi connectivity index (χ3v) is 6.14. The summed E-state index contributed by atoms with van der Waals surface area (Å²) in [6.07, 6.45) is -0.160. The van der Waals surface area contributed by atoms with Crippen molar-refractivity contribution in [2.75, 3.05) is 12.5 Å². The predicted octanol–water partition coefficient (Wildman–Crippen LogP) is 2.65. The van der Waals surface area contributed by atoms with Crippen LogP contribution in [0.25, 0.3) is 11.2 Å². The van der Waals surface area contributed by atoms with Crippen molar-refractivity contribution in [1.29, 1.82) is 0 Å². The van der Waals surface area contributed by atoms with E-state index in [4.69, 9.17) is 25.3 Å². The van der Waals surface area contributed by atoms with Gasteiger partial charge < -0.3 is 19.8 Å². The molecule has 14 heteroatoms. The first-order valence-corrected chi connectivity index (χ1v) is 10.8. The van der Waals surface area contributed by atoms with Crippen LogP contribution in [-0.2, 0) is 26.5 Å². The summed E-state index contributed by atoms with van der Waals surface area (Å²) in [6, 6.07) is 3.82. The zero-order valence-corrected chi connectivity index (χ0v) is 19.2. The van der Waals surface area contributed by atoms with Crippen LogP contribution in [0.5, 0.6) is 11.5 Å². The van der Waals surface area contributed by atoms with E-state index in [-0.39, 0.29) is 18.7 Å². The number of nitrogens with zero attached hydrogens (tertiary/aromatic N) is 4. The normalized spacial score (nSPS) is 13.8. The van der Waals surface area contributed by atoms with E-state index in [2.05, 4.69) is 46.9 Å². The lowest BCUT2D eigenvalue weighted by Gasteiger charge is -2.13. The van der Waals surface area contributed by atoms with Gasteiger partial charge in [-0.3, -0.25) is 4.18 Å². The minimum absolute atomic E-state index is 0.0174. The number of anilines is 1. The monoisotopic (exact) mass is 564 g/mol. The molecule has 0 saturated heterocycles. The second-order valence-corrected chi connectivity index (χ2v) is 8.26. The Hall–Kier alpha value is -1.98. The molecule has 4 rings (SSSR count). The van der Waals surface area contributed by atoms with E-state index in [9.17, 15) is 4.39 Å². The molecule has 1 aliphatic heterocycles. The third kappa shape index (κ3) is 4.93. The van der Waals surface area contributed by atoms with Crippen molar-refractivity contribution >= 4 is 51.9 Å². The molecule has 11 nitrogen and oxygen atoms in total. The Morgan fingerprint density at radius 3 is 2.84 bits per heavy atom. The average Bonchev–Trinajstić information content (AvgIpc) is 3.31. The van der Waals surface area contributed by atoms with Crippen molar-refractivity contribution in [3.8, 4) is 11.5 Å². The average molecular weight is 564 g/mol. The Morgan fingerprint density at radius 2 is 2.06 bits per heavy atom. The Labute approximate surface area is 194 Å². The molecule has 31 heavy (non-hydrogen) atoms. The molecule has 0 spiro atoms. The van der Waals surface area contributed by atoms with Gasteiger partial charge >= 0.3 is 6.08 Å². The van der Waals surface area contributed by atoms with Gasteiger partial charge in [0.1, 0.15) is 5.82 Å². The summed E-state index contributed by atoms with van der Waals surface area (Å²) in [7, 11) is 0. The molecule has 0 amide bonds. The Kier molecular flexibility index (Phi) is 6.92. The predicted molar refractivity (Wildman–Crippen MR) is 117 cm³/mol. The van der Waals surface area contributed by atoms with Gasteiger partial charge in [0.05, 0.1) is 6.10 Å². The molecule has 0 fully saturated rings. The molecule has 3 aromatic rings. The fraction of sp³-hybridized carbons (Fsp3) is 0.353. The lowest BCUT2D eigenvalue weighted by molar-refractivity contribution is -0.202. The number of aromatic nitrogens is 4. The molecule has 0 aliphatic carbocycles. The van der Waals surface area contributed by atoms with E-state index >= 15 is 0 Å². The highest BCUT2D eigenvalue weighted by molar-refractivity contribution is 14.1. The maximum absolute atomic E-state index is 13.9. The molecule has 2 aromatic heterocycles. The molecular formula is C17H18FIN6O5S. The van der Waals surface area contributed by atoms with Crippen LogP contribution in [0, 0.1) is 9.65 Å². The van der Waals surface area contributed by atoms with Gasteiger partial charge in [-0.2, -0.15) is 20.3 Å². The Balaban J connectivity index is 1.64. The van der Waals surface area contributed by atoms with Gasteiger partial charge in [0.2, 0.25) is 6.79 Å². The first-order chi connectivity index (χ1) is 15.0. The topological polar surface area (TPSA) is 142 Å². The maximum atomic E-state index is 13.9. The maximum Gasteiger partial charge on any atom is 0.312 e. The highest BCUT2D eigenvalue weighted by Crippen LogP contribution is 2.36. The third-order valence-electron chi connectivity index (χ3n) is 4.59. The largest absolute Gasteiger partial charge is 0.454 e. The molecule has 1 aromatic carbocycles. The quantitative estimate of drug-likeness (QED) is 0.0990. The van der Waals surface area contributed by atoms with Crippen LogP contribution >= 0.6 is 34.9 Å². The van der Waals surface area contributed by atoms with Crippen LogP contribution < -0.4 is 21.1 Å². The van der Waals surface area contributed by atoms with E-state index < -0.39 is 6.08 Å². The summed E-state index contributed by atoms with van der Waals surface area (Å²) in [5.41, 5.74) is 7.53. The number of benzene rings is 1. The number of fused-ring (bicyclic) bond motifs is 2. The van der Waals surface area contributed by atoms with Crippen LogP contribution in [-0.4, -0.2) is 32.4 Å². The molecule has 1 atom stereocenters. The molecule has 0 saturated carbocycles. The summed E-state index contributed by atoms with van der Waals surface area (Å²) in [5, 5.41) is 0. The van der Waals surface area contributed by atoms with Gasteiger partial charge in [-0.05, 0) is 53.6 Å². The first-order valence-electron chi connectivity index (χ1n) is 9.08. The number of aryl methyl sites for hydroxylation is 1. The van der Waals surface area contributed by atoms with Crippen molar-refractivity contribution < 1.29 is 27.4 Å². The SMILES string of the molecule is CC(CCn1c(Cc2cc3c(cc2I)OCO3)nc2c(N)nc(F)nc21)OSOON. The second kappa shape index (κ2) is 9.66. The number of hydrogen-bond donors (Lipinski definition) is 2. The lowest BCUT2D eigenvalue weighted by atomic mass is 10.1. The minimum atomic E-state index is -0.913. The molecule has 0 radical (unpaired) electrons. The Morgan fingerprint density at radius 1 is 1.29 bits per heavy atom. The summed E-state index contributed by atoms with van der Waals surface area (Å²) in [4.78, 5) is 16.1. The summed E-state index contributed by atoms with van der Waals surface area (Å²) in [6.45, 7) is 2.47. The van der Waals surface area contributed by atoms with Crippen LogP contribution in [0.3, 0.4) is 0 Å². The molecule has 166 valence electrons. The van der Waals surface area contributed by atoms with Crippen molar-refractivity contribution in [3.63, 3.8) is 0 Å². The molecular weight excluding hydrogens is 546 g/mol. The van der Waals surface area contributed by atoms with E-state index in [0.717, 1.165) is 9.13 Å². The number of ether oxygens (including phenoxy) is 2. The molecule has 1 unspecified atom stereocenters. The summed E-state index contributed by atoms with van der Waals surface area (Å²) < 4.78 is 37.4. The van der Waals surface area contributed by atoms with E-state index in [1.807, 2.05) is 23.6 Å². The molecule has 4 N–H and O–H groups in total. The minimum Gasteiger partial charge on any atom is -0.454 e. The summed E-state index contributed by atoms with van der Waals surface area (Å²) in [5.74, 6) is 6.79. The van der Waals surface area contributed by atoms with Gasteiger partial charge in [-0.25, -0.2) is 4.98 Å². The fourth-order valence-electron chi connectivity index (χ4n) is 3.13. The van der Waals surface area contributed by atoms with E-state index in [0.29, 0.717) is 60.2 Å². The highest BCUT2D eigenvalue weighted by atomic mass is 127. The smallest absolute Gasteiger partial charge is 0.312 e. The van der Waals surface area contributed by atoms with Gasteiger partial charge in [-0.15, -0.1) is 9.32 Å². The zero-order valence-electron chi connectivity index (χ0n) is 16.2. The molecule has 3 heterocycles. The highest BCUT2D eigenvalue weighted by Gasteiger charge is 2.21. The zero-order chi connectivity index (χ0) is 22.0. The lowest BCUT2D eigenvalue weighted by Crippen LogP contribution is -2.13. The number of halogens is 2. The number of hydrogen-bond acceptors (Lipinski definition) is 11. The van der Waals surface area contributed by atoms with Crippen LogP contribution in [0.4, 0.5) is 10.2 Å². The first kappa shape index (κ1) is 22.2. The van der Waals surface area contributed by atoms with Crippen molar-refractivity contribution in [1.82, 2.24) is 19.5 Å². The van der Waals surface area contributed by atoms with Gasteiger partial charge in [0, 0.05) is 16.5 Å². The van der Waals surface area contributed by atoms with Crippen molar-refractivity contribution in [3.05, 3.63) is 33.2 Å². The standard InChI is InChI=1S/C17H18FIN6O5S/c1-8(28-31-30-29-21)2-3-25-13(22-14-15(20)23-17(18)24-16(14)25)5-9-4-11-12(6-10(9)19)27-7-26-11/h4,6,8H,2-3,5,7,21H2,1H3,(H2,20,23,24). The van der Waals surface area contributed by atoms with Crippen LogP contribution in [0.15, 0.2) is 12.1 Å². The van der Waals surface area contributed by atoms with Gasteiger partial charge in [0.25, 0.3) is 0 Å². The number of nitrogen functional groups attached to an aromatic ring is 1. The molecule has 0 bridgehead atoms. The van der Waals surface area contributed by atoms with E-state index in [1.165, 1.54) is 0 Å². The fourth-order valence-corrected chi connectivity index (χ4v) is 4.06. The van der Waals surface area contributed by atoms with Crippen molar-refractivity contribution in [2.45, 2.75) is 32.4 Å². The Bertz CT molecular complexity index is 1100. The molecule has 1 aliphatic rings. The van der Waals surface area contributed by atoms with Crippen molar-refractivity contribution in [2.24, 2.45) is 5.90 Å². The van der Waals surface area contributed by atoms with Gasteiger partial charge in [-0.1, -0.05) is 0 Å². The van der Waals surface area contributed by atoms with Gasteiger partial charge in [0.15, 0.2) is 40.8 Å². The van der Waals surface area contributed by atoms with Crippen LogP contribution in [0.2, 0.25) is 0 Å². The van der Waals surface area contributed by atoms with Crippen LogP contribution in [0.1, 0.15) is 24.7 Å². The number of rotatable bonds is 9. The van der Waals surface area contributed by atoms with E-state index in [1.54, 1.807) is 0 Å². The number of nitrogens with two attached hydrogens (primary N) is 2. The summed E-state index contributed by atoms with van der Waals surface area (Å²) >= 11 is 2.85. The number of imidazole rings is 1. The second-order valence-electron chi connectivity index (χ2n) is 6.63.